The van der Waals surface area contributed by atoms with E-state index in [1.165, 1.54) is 37.3 Å². The largest absolute Gasteiger partial charge is 0.477 e. The van der Waals surface area contributed by atoms with Gasteiger partial charge in [0.1, 0.15) is 4.88 Å². The second kappa shape index (κ2) is 6.48. The molecule has 0 radical (unpaired) electrons. The molecule has 1 saturated heterocycles. The number of likely N-dealkylation sites (tertiary alicyclic amines) is 1. The van der Waals surface area contributed by atoms with Crippen molar-refractivity contribution >= 4 is 17.3 Å². The number of carboxylic acid groups (broad SMARTS) is 1. The quantitative estimate of drug-likeness (QED) is 0.871. The molecule has 106 valence electrons. The molecule has 0 aromatic carbocycles. The number of carbonyl (C=O) groups is 1. The van der Waals surface area contributed by atoms with Crippen molar-refractivity contribution in [2.45, 2.75) is 39.5 Å². The van der Waals surface area contributed by atoms with E-state index in [0.29, 0.717) is 10.8 Å². The van der Waals surface area contributed by atoms with Crippen LogP contribution < -0.4 is 0 Å². The number of nitrogens with zero attached hydrogens (tertiary/aromatic N) is 2. The van der Waals surface area contributed by atoms with Gasteiger partial charge in [0.15, 0.2) is 0 Å². The van der Waals surface area contributed by atoms with Crippen LogP contribution >= 0.6 is 11.3 Å². The second-order valence-corrected chi connectivity index (χ2v) is 6.67. The molecule has 0 atom stereocenters. The molecule has 0 saturated carbocycles. The summed E-state index contributed by atoms with van der Waals surface area (Å²) in [7, 11) is 0. The van der Waals surface area contributed by atoms with Gasteiger partial charge >= 0.3 is 5.97 Å². The molecule has 5 heteroatoms. The Morgan fingerprint density at radius 3 is 2.68 bits per heavy atom. The van der Waals surface area contributed by atoms with Gasteiger partial charge in [0, 0.05) is 13.0 Å². The van der Waals surface area contributed by atoms with Gasteiger partial charge in [0.05, 0.1) is 10.7 Å². The fraction of sp³-hybridized carbons (Fsp3) is 0.714. The van der Waals surface area contributed by atoms with E-state index in [1.807, 2.05) is 0 Å². The number of carboxylic acids is 1. The lowest BCUT2D eigenvalue weighted by molar-refractivity contribution is 0.0700. The summed E-state index contributed by atoms with van der Waals surface area (Å²) in [6, 6.07) is 0. The Hall–Kier alpha value is -0.940. The van der Waals surface area contributed by atoms with Gasteiger partial charge in [-0.2, -0.15) is 0 Å². The molecule has 0 amide bonds. The van der Waals surface area contributed by atoms with E-state index < -0.39 is 5.97 Å². The topological polar surface area (TPSA) is 53.4 Å². The molecule has 1 N–H and O–H groups in total. The van der Waals surface area contributed by atoms with Crippen LogP contribution in [-0.4, -0.2) is 40.6 Å². The average Bonchev–Trinajstić information content (AvgIpc) is 2.94. The van der Waals surface area contributed by atoms with Gasteiger partial charge in [-0.05, 0) is 38.3 Å². The minimum absolute atomic E-state index is 0.435. The van der Waals surface area contributed by atoms with Gasteiger partial charge in [-0.25, -0.2) is 9.78 Å². The SMILES string of the molecule is CC(C)Cc1nc(CCN2CCCC2)sc1C(=O)O. The van der Waals surface area contributed by atoms with Gasteiger partial charge in [0.25, 0.3) is 0 Å². The minimum Gasteiger partial charge on any atom is -0.477 e. The zero-order valence-electron chi connectivity index (χ0n) is 11.7. The van der Waals surface area contributed by atoms with Crippen molar-refractivity contribution in [2.24, 2.45) is 5.92 Å². The molecule has 0 bridgehead atoms. The molecule has 4 nitrogen and oxygen atoms in total. The predicted octanol–water partition coefficient (Wildman–Crippen LogP) is 2.68. The first kappa shape index (κ1) is 14.5. The Morgan fingerprint density at radius 2 is 2.11 bits per heavy atom. The van der Waals surface area contributed by atoms with E-state index in [9.17, 15) is 9.90 Å². The van der Waals surface area contributed by atoms with E-state index in [1.54, 1.807) is 0 Å². The standard InChI is InChI=1S/C14H22N2O2S/c1-10(2)9-11-13(14(17)18)19-12(15-11)5-8-16-6-3-4-7-16/h10H,3-9H2,1-2H3,(H,17,18). The maximum atomic E-state index is 11.2. The van der Waals surface area contributed by atoms with Gasteiger partial charge in [-0.15, -0.1) is 11.3 Å². The van der Waals surface area contributed by atoms with E-state index in [4.69, 9.17) is 0 Å². The van der Waals surface area contributed by atoms with Crippen molar-refractivity contribution in [2.75, 3.05) is 19.6 Å². The lowest BCUT2D eigenvalue weighted by atomic mass is 10.1. The lowest BCUT2D eigenvalue weighted by Gasteiger charge is -2.12. The molecule has 2 rings (SSSR count). The molecule has 1 fully saturated rings. The van der Waals surface area contributed by atoms with Crippen molar-refractivity contribution in [3.05, 3.63) is 15.6 Å². The van der Waals surface area contributed by atoms with Crippen molar-refractivity contribution in [3.8, 4) is 0 Å². The van der Waals surface area contributed by atoms with Crippen LogP contribution in [0, 0.1) is 5.92 Å². The molecule has 1 aliphatic heterocycles. The second-order valence-electron chi connectivity index (χ2n) is 5.59. The summed E-state index contributed by atoms with van der Waals surface area (Å²) in [5.74, 6) is -0.396. The normalized spacial score (nSPS) is 16.4. The van der Waals surface area contributed by atoms with E-state index in [0.717, 1.165) is 30.1 Å². The van der Waals surface area contributed by atoms with Crippen molar-refractivity contribution in [1.82, 2.24) is 9.88 Å². The number of thiazole rings is 1. The molecular weight excluding hydrogens is 260 g/mol. The van der Waals surface area contributed by atoms with Crippen LogP contribution in [0.5, 0.6) is 0 Å². The maximum Gasteiger partial charge on any atom is 0.347 e. The third-order valence-corrected chi connectivity index (χ3v) is 4.52. The number of hydrogen-bond acceptors (Lipinski definition) is 4. The molecule has 19 heavy (non-hydrogen) atoms. The molecule has 1 aromatic rings. The first-order valence-electron chi connectivity index (χ1n) is 7.00. The monoisotopic (exact) mass is 282 g/mol. The molecular formula is C14H22N2O2S. The van der Waals surface area contributed by atoms with Crippen LogP contribution in [0.4, 0.5) is 0 Å². The van der Waals surface area contributed by atoms with Crippen LogP contribution in [0.3, 0.4) is 0 Å². The molecule has 0 spiro atoms. The number of aromatic nitrogens is 1. The number of rotatable bonds is 6. The zero-order chi connectivity index (χ0) is 13.8. The van der Waals surface area contributed by atoms with E-state index in [2.05, 4.69) is 23.7 Å². The summed E-state index contributed by atoms with van der Waals surface area (Å²) >= 11 is 1.36. The first-order chi connectivity index (χ1) is 9.06. The predicted molar refractivity (Wildman–Crippen MR) is 77.0 cm³/mol. The summed E-state index contributed by atoms with van der Waals surface area (Å²) in [4.78, 5) is 18.7. The van der Waals surface area contributed by atoms with Gasteiger partial charge in [-0.1, -0.05) is 13.8 Å². The Morgan fingerprint density at radius 1 is 1.42 bits per heavy atom. The van der Waals surface area contributed by atoms with Crippen molar-refractivity contribution in [1.29, 1.82) is 0 Å². The summed E-state index contributed by atoms with van der Waals surface area (Å²) in [6.07, 6.45) is 4.21. The molecule has 2 heterocycles. The molecule has 0 aliphatic carbocycles. The van der Waals surface area contributed by atoms with Crippen LogP contribution in [0.25, 0.3) is 0 Å². The Balaban J connectivity index is 2.01. The van der Waals surface area contributed by atoms with Crippen LogP contribution in [0.2, 0.25) is 0 Å². The fourth-order valence-corrected chi connectivity index (χ4v) is 3.38. The van der Waals surface area contributed by atoms with Crippen LogP contribution in [-0.2, 0) is 12.8 Å². The first-order valence-corrected chi connectivity index (χ1v) is 7.82. The highest BCUT2D eigenvalue weighted by atomic mass is 32.1. The average molecular weight is 282 g/mol. The maximum absolute atomic E-state index is 11.2. The number of hydrogen-bond donors (Lipinski definition) is 1. The zero-order valence-corrected chi connectivity index (χ0v) is 12.5. The Bertz CT molecular complexity index is 437. The van der Waals surface area contributed by atoms with Crippen LogP contribution in [0.15, 0.2) is 0 Å². The Labute approximate surface area is 118 Å². The molecule has 1 aliphatic rings. The van der Waals surface area contributed by atoms with Crippen LogP contribution in [0.1, 0.15) is 47.1 Å². The van der Waals surface area contributed by atoms with E-state index >= 15 is 0 Å². The highest BCUT2D eigenvalue weighted by Gasteiger charge is 2.19. The molecule has 1 aromatic heterocycles. The third kappa shape index (κ3) is 4.01. The lowest BCUT2D eigenvalue weighted by Crippen LogP contribution is -2.21. The highest BCUT2D eigenvalue weighted by Crippen LogP contribution is 2.22. The summed E-state index contributed by atoms with van der Waals surface area (Å²) in [5, 5.41) is 10.2. The summed E-state index contributed by atoms with van der Waals surface area (Å²) < 4.78 is 0. The minimum atomic E-state index is -0.833. The van der Waals surface area contributed by atoms with Gasteiger partial charge in [0.2, 0.25) is 0 Å². The smallest absolute Gasteiger partial charge is 0.347 e. The Kier molecular flexibility index (Phi) is 4.93. The fourth-order valence-electron chi connectivity index (χ4n) is 2.46. The van der Waals surface area contributed by atoms with Gasteiger partial charge < -0.3 is 10.0 Å². The van der Waals surface area contributed by atoms with Crippen molar-refractivity contribution in [3.63, 3.8) is 0 Å². The summed E-state index contributed by atoms with van der Waals surface area (Å²) in [6.45, 7) is 7.55. The van der Waals surface area contributed by atoms with E-state index in [-0.39, 0.29) is 0 Å². The van der Waals surface area contributed by atoms with Gasteiger partial charge in [-0.3, -0.25) is 0 Å². The summed E-state index contributed by atoms with van der Waals surface area (Å²) in [5.41, 5.74) is 0.768. The van der Waals surface area contributed by atoms with Crippen molar-refractivity contribution < 1.29 is 9.90 Å². The number of aromatic carboxylic acids is 1. The molecule has 0 unspecified atom stereocenters. The highest BCUT2D eigenvalue weighted by molar-refractivity contribution is 7.13. The third-order valence-electron chi connectivity index (χ3n) is 3.38.